The third kappa shape index (κ3) is 8.31. The Morgan fingerprint density at radius 1 is 0.800 bits per heavy atom. The number of carboxylic acids is 1. The van der Waals surface area contributed by atoms with Crippen molar-refractivity contribution in [2.45, 2.75) is 71.1 Å². The monoisotopic (exact) mass is 790 g/mol. The second-order valence-corrected chi connectivity index (χ2v) is 16.0. The minimum Gasteiger partial charge on any atom is -0.481 e. The second-order valence-electron chi connectivity index (χ2n) is 15.2. The van der Waals surface area contributed by atoms with Crippen molar-refractivity contribution in [3.05, 3.63) is 80.9 Å². The van der Waals surface area contributed by atoms with Gasteiger partial charge in [0.05, 0.1) is 44.8 Å². The SMILES string of the molecule is C[C@@H](O)CN1CCc2c(nc(C(=O)Nc3cccc(-c4cccc(NC(=O)c5nc6c(n5C)CCN(CC[C@H]5CC[C@H](C(=O)O)CC5)C6)c4Cl)c3Cl)n2C)C1. The Kier molecular flexibility index (Phi) is 11.7. The van der Waals surface area contributed by atoms with E-state index in [4.69, 9.17) is 28.2 Å². The van der Waals surface area contributed by atoms with Gasteiger partial charge in [0.25, 0.3) is 11.8 Å². The number of aromatic nitrogens is 4. The Balaban J connectivity index is 1.01. The Labute approximate surface area is 330 Å². The van der Waals surface area contributed by atoms with Crippen LogP contribution in [0.25, 0.3) is 11.1 Å². The Morgan fingerprint density at radius 2 is 1.29 bits per heavy atom. The van der Waals surface area contributed by atoms with E-state index in [0.29, 0.717) is 58.9 Å². The van der Waals surface area contributed by atoms with E-state index < -0.39 is 18.0 Å². The minimum atomic E-state index is -0.674. The molecule has 1 saturated carbocycles. The molecule has 2 aromatic carbocycles. The normalized spacial score (nSPS) is 19.4. The standard InChI is InChI=1S/C40H48Cl2N8O5/c1-23(51)20-50-19-16-33-31(22-50)44-37(48(33)3)39(53)46-29-9-5-7-27(35(29)42)26-6-4-8-28(34(26)41)45-38(52)36-43-30-21-49(18-15-32(30)47(36)2)17-14-24-10-12-25(13-11-24)40(54)55/h4-9,23-25,51H,10-22H2,1-3H3,(H,45,52)(H,46,53)(H,54,55)/t23-,24-,25-/m1/s1. The van der Waals surface area contributed by atoms with Crippen LogP contribution in [0.3, 0.4) is 0 Å². The lowest BCUT2D eigenvalue weighted by atomic mass is 9.80. The average molecular weight is 792 g/mol. The summed E-state index contributed by atoms with van der Waals surface area (Å²) in [4.78, 5) is 52.5. The molecular formula is C40H48Cl2N8O5. The first kappa shape index (κ1) is 39.0. The lowest BCUT2D eigenvalue weighted by molar-refractivity contribution is -0.143. The summed E-state index contributed by atoms with van der Waals surface area (Å²) < 4.78 is 3.68. The number of nitrogens with one attached hydrogen (secondary N) is 2. The van der Waals surface area contributed by atoms with E-state index in [9.17, 15) is 24.6 Å². The fourth-order valence-corrected chi connectivity index (χ4v) is 8.93. The van der Waals surface area contributed by atoms with Gasteiger partial charge in [-0.15, -0.1) is 0 Å². The molecule has 13 nitrogen and oxygen atoms in total. The summed E-state index contributed by atoms with van der Waals surface area (Å²) in [6, 6.07) is 10.6. The third-order valence-electron chi connectivity index (χ3n) is 11.4. The lowest BCUT2D eigenvalue weighted by Gasteiger charge is -2.30. The van der Waals surface area contributed by atoms with Crippen molar-refractivity contribution >= 4 is 52.4 Å². The van der Waals surface area contributed by atoms with Crippen molar-refractivity contribution < 1.29 is 24.6 Å². The number of imidazole rings is 2. The smallest absolute Gasteiger partial charge is 0.306 e. The molecule has 4 heterocycles. The topological polar surface area (TPSA) is 158 Å². The summed E-state index contributed by atoms with van der Waals surface area (Å²) in [6.07, 6.45) is 5.53. The molecule has 55 heavy (non-hydrogen) atoms. The molecule has 292 valence electrons. The van der Waals surface area contributed by atoms with Gasteiger partial charge in [-0.3, -0.25) is 24.2 Å². The summed E-state index contributed by atoms with van der Waals surface area (Å²) >= 11 is 13.9. The maximum absolute atomic E-state index is 13.7. The number of fused-ring (bicyclic) bond motifs is 2. The number of hydrogen-bond donors (Lipinski definition) is 4. The number of hydrogen-bond acceptors (Lipinski definition) is 8. The van der Waals surface area contributed by atoms with Crippen LogP contribution in [0.2, 0.25) is 10.0 Å². The van der Waals surface area contributed by atoms with Gasteiger partial charge in [0.1, 0.15) is 0 Å². The molecule has 0 unspecified atom stereocenters. The van der Waals surface area contributed by atoms with Crippen LogP contribution in [0.15, 0.2) is 36.4 Å². The largest absolute Gasteiger partial charge is 0.481 e. The van der Waals surface area contributed by atoms with Crippen LogP contribution >= 0.6 is 23.2 Å². The number of rotatable bonds is 11. The molecule has 7 rings (SSSR count). The zero-order valence-electron chi connectivity index (χ0n) is 31.4. The fraction of sp³-hybridized carbons (Fsp3) is 0.475. The van der Waals surface area contributed by atoms with Crippen LogP contribution in [0.5, 0.6) is 0 Å². The van der Waals surface area contributed by atoms with Gasteiger partial charge in [0, 0.05) is 82.2 Å². The Hall–Kier alpha value is -4.27. The number of β-amino-alcohol motifs (C(OH)–C–C–N with tert-alkyl or cyclic N) is 1. The van der Waals surface area contributed by atoms with Gasteiger partial charge in [-0.05, 0) is 63.6 Å². The van der Waals surface area contributed by atoms with E-state index in [2.05, 4.69) is 25.4 Å². The summed E-state index contributed by atoms with van der Waals surface area (Å²) in [7, 11) is 3.69. The van der Waals surface area contributed by atoms with Gasteiger partial charge in [-0.1, -0.05) is 47.5 Å². The third-order valence-corrected chi connectivity index (χ3v) is 12.2. The van der Waals surface area contributed by atoms with Gasteiger partial charge in [0.15, 0.2) is 11.6 Å². The molecule has 0 saturated heterocycles. The number of aliphatic carboxylic acids is 1. The summed E-state index contributed by atoms with van der Waals surface area (Å²) in [5.41, 5.74) is 5.70. The van der Waals surface area contributed by atoms with E-state index in [1.807, 2.05) is 29.3 Å². The number of aliphatic hydroxyl groups excluding tert-OH is 1. The number of anilines is 2. The van der Waals surface area contributed by atoms with E-state index >= 15 is 0 Å². The van der Waals surface area contributed by atoms with Crippen molar-refractivity contribution in [1.29, 1.82) is 0 Å². The van der Waals surface area contributed by atoms with Crippen LogP contribution in [-0.4, -0.2) is 89.2 Å². The average Bonchev–Trinajstić information content (AvgIpc) is 3.67. The summed E-state index contributed by atoms with van der Waals surface area (Å²) in [6.45, 7) is 6.09. The molecule has 1 atom stereocenters. The van der Waals surface area contributed by atoms with Crippen molar-refractivity contribution in [2.24, 2.45) is 25.9 Å². The van der Waals surface area contributed by atoms with E-state index in [-0.39, 0.29) is 22.7 Å². The molecule has 4 N–H and O–H groups in total. The van der Waals surface area contributed by atoms with Crippen LogP contribution in [0.4, 0.5) is 11.4 Å². The number of halogens is 2. The second kappa shape index (κ2) is 16.4. The number of benzene rings is 2. The molecule has 1 aliphatic carbocycles. The fourth-order valence-electron chi connectivity index (χ4n) is 8.38. The Bertz CT molecular complexity index is 2100. The molecule has 1 fully saturated rings. The Morgan fingerprint density at radius 3 is 1.78 bits per heavy atom. The lowest BCUT2D eigenvalue weighted by Crippen LogP contribution is -2.36. The van der Waals surface area contributed by atoms with Crippen LogP contribution in [-0.2, 0) is 44.8 Å². The zero-order chi connectivity index (χ0) is 39.0. The predicted molar refractivity (Wildman–Crippen MR) is 212 cm³/mol. The van der Waals surface area contributed by atoms with Crippen LogP contribution in [0.1, 0.15) is 83.0 Å². The maximum Gasteiger partial charge on any atom is 0.306 e. The number of carbonyl (C=O) groups excluding carboxylic acids is 2. The first-order valence-electron chi connectivity index (χ1n) is 19.0. The molecule has 4 aromatic rings. The number of nitrogens with zero attached hydrogens (tertiary/aromatic N) is 6. The number of aliphatic hydroxyl groups is 1. The van der Waals surface area contributed by atoms with Crippen LogP contribution in [0, 0.1) is 11.8 Å². The van der Waals surface area contributed by atoms with Crippen molar-refractivity contribution in [2.75, 3.05) is 36.8 Å². The molecule has 3 aliphatic rings. The van der Waals surface area contributed by atoms with Gasteiger partial charge in [-0.25, -0.2) is 9.97 Å². The van der Waals surface area contributed by atoms with Gasteiger partial charge in [0.2, 0.25) is 0 Å². The first-order chi connectivity index (χ1) is 26.4. The predicted octanol–water partition coefficient (Wildman–Crippen LogP) is 6.01. The van der Waals surface area contributed by atoms with Gasteiger partial charge < -0.3 is 30.0 Å². The molecule has 2 amide bonds. The molecule has 2 aliphatic heterocycles. The molecule has 0 radical (unpaired) electrons. The highest BCUT2D eigenvalue weighted by Crippen LogP contribution is 2.40. The summed E-state index contributed by atoms with van der Waals surface area (Å²) in [5, 5.41) is 25.6. The number of amides is 2. The molecule has 2 aromatic heterocycles. The summed E-state index contributed by atoms with van der Waals surface area (Å²) in [5.74, 6) is -0.531. The van der Waals surface area contributed by atoms with Gasteiger partial charge in [-0.2, -0.15) is 0 Å². The van der Waals surface area contributed by atoms with Crippen molar-refractivity contribution in [1.82, 2.24) is 28.9 Å². The number of carboxylic acid groups (broad SMARTS) is 1. The molecule has 0 bridgehead atoms. The first-order valence-corrected chi connectivity index (χ1v) is 19.8. The zero-order valence-corrected chi connectivity index (χ0v) is 33.0. The van der Waals surface area contributed by atoms with Crippen LogP contribution < -0.4 is 10.6 Å². The molecule has 15 heteroatoms. The van der Waals surface area contributed by atoms with Crippen molar-refractivity contribution in [3.63, 3.8) is 0 Å². The number of carbonyl (C=O) groups is 3. The van der Waals surface area contributed by atoms with E-state index in [1.165, 1.54) is 0 Å². The van der Waals surface area contributed by atoms with E-state index in [0.717, 1.165) is 87.4 Å². The van der Waals surface area contributed by atoms with Gasteiger partial charge >= 0.3 is 5.97 Å². The highest BCUT2D eigenvalue weighted by molar-refractivity contribution is 6.40. The minimum absolute atomic E-state index is 0.201. The highest BCUT2D eigenvalue weighted by Gasteiger charge is 2.30. The maximum atomic E-state index is 13.7. The molecular weight excluding hydrogens is 743 g/mol. The molecule has 0 spiro atoms. The van der Waals surface area contributed by atoms with E-state index in [1.54, 1.807) is 37.3 Å². The highest BCUT2D eigenvalue weighted by atomic mass is 35.5. The quantitative estimate of drug-likeness (QED) is 0.143. The van der Waals surface area contributed by atoms with Crippen molar-refractivity contribution in [3.8, 4) is 11.1 Å².